The predicted octanol–water partition coefficient (Wildman–Crippen LogP) is 1.30. The molecule has 1 aromatic rings. The van der Waals surface area contributed by atoms with Gasteiger partial charge in [-0.3, -0.25) is 14.5 Å². The Labute approximate surface area is 150 Å². The molecule has 0 aliphatic carbocycles. The van der Waals surface area contributed by atoms with Crippen LogP contribution in [0.15, 0.2) is 29.2 Å². The molecule has 1 heterocycles. The zero-order valence-corrected chi connectivity index (χ0v) is 15.2. The number of unbranched alkanes of at least 4 members (excludes halogenated alkanes) is 1. The SMILES string of the molecule is NS(=O)(=O)c1cccc(NC(=O)CCCCN2C(=O)CSC2=S)c1. The quantitative estimate of drug-likeness (QED) is 0.539. The summed E-state index contributed by atoms with van der Waals surface area (Å²) in [5.74, 6) is 0.167. The number of hydrogen-bond donors (Lipinski definition) is 2. The van der Waals surface area contributed by atoms with Gasteiger partial charge in [-0.1, -0.05) is 30.0 Å². The lowest BCUT2D eigenvalue weighted by Crippen LogP contribution is -2.29. The molecule has 2 rings (SSSR count). The molecule has 0 unspecified atom stereocenters. The molecule has 0 radical (unpaired) electrons. The third-order valence-electron chi connectivity index (χ3n) is 3.32. The molecule has 1 aromatic carbocycles. The summed E-state index contributed by atoms with van der Waals surface area (Å²) >= 11 is 6.43. The average Bonchev–Trinajstić information content (AvgIpc) is 2.82. The summed E-state index contributed by atoms with van der Waals surface area (Å²) in [5, 5.41) is 7.68. The highest BCUT2D eigenvalue weighted by Crippen LogP contribution is 2.20. The number of nitrogens with two attached hydrogens (primary N) is 1. The van der Waals surface area contributed by atoms with Gasteiger partial charge >= 0.3 is 0 Å². The van der Waals surface area contributed by atoms with E-state index in [9.17, 15) is 18.0 Å². The molecule has 0 spiro atoms. The lowest BCUT2D eigenvalue weighted by atomic mass is 10.2. The van der Waals surface area contributed by atoms with Gasteiger partial charge in [0, 0.05) is 18.7 Å². The number of sulfonamides is 1. The molecular weight excluding hydrogens is 370 g/mol. The van der Waals surface area contributed by atoms with Gasteiger partial charge in [0.05, 0.1) is 10.6 Å². The smallest absolute Gasteiger partial charge is 0.238 e. The van der Waals surface area contributed by atoms with E-state index in [0.717, 1.165) is 0 Å². The van der Waals surface area contributed by atoms with Crippen molar-refractivity contribution in [3.8, 4) is 0 Å². The largest absolute Gasteiger partial charge is 0.326 e. The summed E-state index contributed by atoms with van der Waals surface area (Å²) in [5.41, 5.74) is 0.374. The molecule has 1 aliphatic rings. The summed E-state index contributed by atoms with van der Waals surface area (Å²) in [4.78, 5) is 24.9. The Morgan fingerprint density at radius 1 is 1.38 bits per heavy atom. The Balaban J connectivity index is 1.78. The summed E-state index contributed by atoms with van der Waals surface area (Å²) in [6.07, 6.45) is 1.52. The van der Waals surface area contributed by atoms with Gasteiger partial charge in [0.15, 0.2) is 0 Å². The summed E-state index contributed by atoms with van der Waals surface area (Å²) in [6.45, 7) is 0.513. The zero-order valence-electron chi connectivity index (χ0n) is 12.7. The van der Waals surface area contributed by atoms with Crippen LogP contribution in [0.25, 0.3) is 0 Å². The third kappa shape index (κ3) is 5.26. The zero-order chi connectivity index (χ0) is 17.7. The fourth-order valence-corrected chi connectivity index (χ4v) is 3.81. The lowest BCUT2D eigenvalue weighted by molar-refractivity contribution is -0.124. The van der Waals surface area contributed by atoms with E-state index in [-0.39, 0.29) is 23.1 Å². The Morgan fingerprint density at radius 3 is 2.75 bits per heavy atom. The van der Waals surface area contributed by atoms with Gasteiger partial charge in [-0.2, -0.15) is 0 Å². The van der Waals surface area contributed by atoms with Crippen LogP contribution in [0, 0.1) is 0 Å². The minimum absolute atomic E-state index is 0.00857. The highest BCUT2D eigenvalue weighted by Gasteiger charge is 2.25. The fraction of sp³-hybridized carbons (Fsp3) is 0.357. The molecule has 0 bridgehead atoms. The number of hydrogen-bond acceptors (Lipinski definition) is 6. The molecule has 3 N–H and O–H groups in total. The summed E-state index contributed by atoms with van der Waals surface area (Å²) in [7, 11) is -3.80. The topological polar surface area (TPSA) is 110 Å². The monoisotopic (exact) mass is 387 g/mol. The van der Waals surface area contributed by atoms with Crippen LogP contribution in [0.5, 0.6) is 0 Å². The second kappa shape index (κ2) is 8.06. The van der Waals surface area contributed by atoms with E-state index >= 15 is 0 Å². The van der Waals surface area contributed by atoms with Crippen LogP contribution in [0.3, 0.4) is 0 Å². The number of primary sulfonamides is 1. The molecule has 0 saturated carbocycles. The number of nitrogens with one attached hydrogen (secondary N) is 1. The van der Waals surface area contributed by atoms with Crippen molar-refractivity contribution in [3.05, 3.63) is 24.3 Å². The molecule has 2 amide bonds. The number of thioether (sulfide) groups is 1. The van der Waals surface area contributed by atoms with Gasteiger partial charge < -0.3 is 5.32 Å². The van der Waals surface area contributed by atoms with Crippen molar-refractivity contribution >= 4 is 55.8 Å². The lowest BCUT2D eigenvalue weighted by Gasteiger charge is -2.14. The number of carbonyl (C=O) groups excluding carboxylic acids is 2. The van der Waals surface area contributed by atoms with E-state index in [1.54, 1.807) is 11.0 Å². The number of amides is 2. The first-order chi connectivity index (χ1) is 11.3. The first kappa shape index (κ1) is 18.8. The van der Waals surface area contributed by atoms with Crippen LogP contribution >= 0.6 is 24.0 Å². The molecule has 130 valence electrons. The van der Waals surface area contributed by atoms with Crippen LogP contribution in [-0.4, -0.2) is 41.8 Å². The van der Waals surface area contributed by atoms with Crippen molar-refractivity contribution in [2.45, 2.75) is 24.2 Å². The van der Waals surface area contributed by atoms with E-state index in [1.165, 1.54) is 30.0 Å². The first-order valence-electron chi connectivity index (χ1n) is 7.17. The van der Waals surface area contributed by atoms with Crippen LogP contribution in [-0.2, 0) is 19.6 Å². The Bertz CT molecular complexity index is 748. The van der Waals surface area contributed by atoms with Gasteiger partial charge in [-0.25, -0.2) is 13.6 Å². The van der Waals surface area contributed by atoms with Crippen LogP contribution in [0.1, 0.15) is 19.3 Å². The number of carbonyl (C=O) groups is 2. The van der Waals surface area contributed by atoms with Crippen LogP contribution in [0.4, 0.5) is 5.69 Å². The van der Waals surface area contributed by atoms with Gasteiger partial charge in [0.25, 0.3) is 0 Å². The Kier molecular flexibility index (Phi) is 6.33. The number of rotatable bonds is 7. The maximum atomic E-state index is 11.9. The molecule has 24 heavy (non-hydrogen) atoms. The van der Waals surface area contributed by atoms with Gasteiger partial charge in [-0.15, -0.1) is 0 Å². The van der Waals surface area contributed by atoms with E-state index in [4.69, 9.17) is 17.4 Å². The molecular formula is C14H17N3O4S3. The number of benzene rings is 1. The Hall–Kier alpha value is -1.49. The molecule has 1 aliphatic heterocycles. The van der Waals surface area contributed by atoms with Crippen molar-refractivity contribution < 1.29 is 18.0 Å². The molecule has 7 nitrogen and oxygen atoms in total. The number of nitrogens with zero attached hydrogens (tertiary/aromatic N) is 1. The number of thiocarbonyl (C=S) groups is 1. The van der Waals surface area contributed by atoms with Gasteiger partial charge in [0.2, 0.25) is 21.8 Å². The van der Waals surface area contributed by atoms with Crippen molar-refractivity contribution in [1.82, 2.24) is 4.90 Å². The van der Waals surface area contributed by atoms with Crippen molar-refractivity contribution in [1.29, 1.82) is 0 Å². The van der Waals surface area contributed by atoms with E-state index < -0.39 is 10.0 Å². The van der Waals surface area contributed by atoms with E-state index in [0.29, 0.717) is 35.1 Å². The number of anilines is 1. The van der Waals surface area contributed by atoms with Crippen LogP contribution in [0.2, 0.25) is 0 Å². The standard InChI is InChI=1S/C14H17N3O4S3/c15-24(20,21)11-5-3-4-10(8-11)16-12(18)6-1-2-7-17-13(19)9-23-14(17)22/h3-5,8H,1-2,6-7,9H2,(H,16,18)(H2,15,20,21). The highest BCUT2D eigenvalue weighted by atomic mass is 32.2. The summed E-state index contributed by atoms with van der Waals surface area (Å²) in [6, 6.07) is 5.77. The fourth-order valence-electron chi connectivity index (χ4n) is 2.13. The van der Waals surface area contributed by atoms with Gasteiger partial charge in [-0.05, 0) is 31.0 Å². The summed E-state index contributed by atoms with van der Waals surface area (Å²) < 4.78 is 23.2. The maximum absolute atomic E-state index is 11.9. The van der Waals surface area contributed by atoms with Gasteiger partial charge in [0.1, 0.15) is 4.32 Å². The normalized spacial score (nSPS) is 15.0. The Morgan fingerprint density at radius 2 is 2.12 bits per heavy atom. The second-order valence-electron chi connectivity index (χ2n) is 5.18. The average molecular weight is 388 g/mol. The third-order valence-corrected chi connectivity index (χ3v) is 5.67. The van der Waals surface area contributed by atoms with E-state index in [1.807, 2.05) is 0 Å². The first-order valence-corrected chi connectivity index (χ1v) is 10.1. The molecule has 0 atom stereocenters. The van der Waals surface area contributed by atoms with Crippen molar-refractivity contribution in [2.24, 2.45) is 5.14 Å². The molecule has 10 heteroatoms. The minimum atomic E-state index is -3.80. The second-order valence-corrected chi connectivity index (χ2v) is 8.35. The van der Waals surface area contributed by atoms with Crippen molar-refractivity contribution in [2.75, 3.05) is 17.6 Å². The molecule has 1 fully saturated rings. The highest BCUT2D eigenvalue weighted by molar-refractivity contribution is 8.23. The maximum Gasteiger partial charge on any atom is 0.238 e. The van der Waals surface area contributed by atoms with E-state index in [2.05, 4.69) is 5.32 Å². The van der Waals surface area contributed by atoms with Crippen LogP contribution < -0.4 is 10.5 Å². The molecule has 0 aromatic heterocycles. The predicted molar refractivity (Wildman–Crippen MR) is 97.1 cm³/mol. The molecule has 1 saturated heterocycles. The van der Waals surface area contributed by atoms with Crippen molar-refractivity contribution in [3.63, 3.8) is 0 Å². The minimum Gasteiger partial charge on any atom is -0.326 e.